The molecule has 0 radical (unpaired) electrons. The number of nitrogen functional groups attached to an aromatic ring is 1. The van der Waals surface area contributed by atoms with E-state index in [2.05, 4.69) is 34.3 Å². The normalized spacial score (nSPS) is 23.3. The standard InChI is InChI=1S/C14H18ClN3S/c1-2-19-10-7-6-9(8-10)18-12-5-3-4-11(15)13(12)17-14(18)16/h3-5,9-10H,2,6-8H2,1H3,(H2,16,17). The van der Waals surface area contributed by atoms with Gasteiger partial charge < -0.3 is 10.3 Å². The quantitative estimate of drug-likeness (QED) is 0.926. The van der Waals surface area contributed by atoms with Crippen molar-refractivity contribution < 1.29 is 0 Å². The van der Waals surface area contributed by atoms with Crippen molar-refractivity contribution in [1.82, 2.24) is 9.55 Å². The minimum absolute atomic E-state index is 0.465. The average molecular weight is 296 g/mol. The van der Waals surface area contributed by atoms with E-state index in [1.165, 1.54) is 25.0 Å². The van der Waals surface area contributed by atoms with Crippen LogP contribution in [0, 0.1) is 0 Å². The minimum atomic E-state index is 0.465. The number of fused-ring (bicyclic) bond motifs is 1. The zero-order valence-electron chi connectivity index (χ0n) is 11.0. The lowest BCUT2D eigenvalue weighted by atomic mass is 10.2. The van der Waals surface area contributed by atoms with Gasteiger partial charge in [-0.1, -0.05) is 24.6 Å². The van der Waals surface area contributed by atoms with E-state index in [4.69, 9.17) is 17.3 Å². The van der Waals surface area contributed by atoms with Gasteiger partial charge >= 0.3 is 0 Å². The Labute approximate surface area is 122 Å². The summed E-state index contributed by atoms with van der Waals surface area (Å²) < 4.78 is 2.18. The predicted octanol–water partition coefficient (Wildman–Crippen LogP) is 4.12. The van der Waals surface area contributed by atoms with Gasteiger partial charge in [0.25, 0.3) is 0 Å². The van der Waals surface area contributed by atoms with Crippen LogP contribution in [0.15, 0.2) is 18.2 Å². The van der Waals surface area contributed by atoms with Gasteiger partial charge in [-0.05, 0) is 37.1 Å². The Morgan fingerprint density at radius 3 is 3.11 bits per heavy atom. The van der Waals surface area contributed by atoms with Crippen LogP contribution in [0.4, 0.5) is 5.95 Å². The topological polar surface area (TPSA) is 43.8 Å². The number of hydrogen-bond donors (Lipinski definition) is 1. The van der Waals surface area contributed by atoms with Crippen LogP contribution in [0.2, 0.25) is 5.02 Å². The van der Waals surface area contributed by atoms with Gasteiger partial charge in [0, 0.05) is 11.3 Å². The molecule has 1 fully saturated rings. The molecule has 0 aliphatic heterocycles. The van der Waals surface area contributed by atoms with Crippen molar-refractivity contribution in [3.63, 3.8) is 0 Å². The first-order valence-corrected chi connectivity index (χ1v) is 8.17. The SMILES string of the molecule is CCSC1CCC(n2c(N)nc3c(Cl)cccc32)C1. The van der Waals surface area contributed by atoms with Crippen molar-refractivity contribution in [2.45, 2.75) is 37.5 Å². The lowest BCUT2D eigenvalue weighted by molar-refractivity contribution is 0.540. The van der Waals surface area contributed by atoms with Crippen LogP contribution in [0.5, 0.6) is 0 Å². The number of anilines is 1. The van der Waals surface area contributed by atoms with Gasteiger partial charge in [-0.25, -0.2) is 4.98 Å². The Balaban J connectivity index is 1.97. The lowest BCUT2D eigenvalue weighted by Gasteiger charge is -2.15. The molecule has 1 aliphatic rings. The average Bonchev–Trinajstić information content (AvgIpc) is 2.94. The third kappa shape index (κ3) is 2.32. The summed E-state index contributed by atoms with van der Waals surface area (Å²) in [6.45, 7) is 2.22. The number of aromatic nitrogens is 2. The number of nitrogens with zero attached hydrogens (tertiary/aromatic N) is 2. The van der Waals surface area contributed by atoms with Crippen molar-refractivity contribution in [3.8, 4) is 0 Å². The fraction of sp³-hybridized carbons (Fsp3) is 0.500. The van der Waals surface area contributed by atoms with Crippen molar-refractivity contribution in [2.75, 3.05) is 11.5 Å². The van der Waals surface area contributed by atoms with Gasteiger partial charge in [0.1, 0.15) is 5.52 Å². The minimum Gasteiger partial charge on any atom is -0.369 e. The molecule has 19 heavy (non-hydrogen) atoms. The Kier molecular flexibility index (Phi) is 3.63. The Hall–Kier alpha value is -0.870. The van der Waals surface area contributed by atoms with E-state index in [0.29, 0.717) is 17.0 Å². The van der Waals surface area contributed by atoms with Crippen LogP contribution in [-0.2, 0) is 0 Å². The van der Waals surface area contributed by atoms with Crippen LogP contribution in [0.3, 0.4) is 0 Å². The molecule has 2 aromatic rings. The fourth-order valence-electron chi connectivity index (χ4n) is 3.02. The number of halogens is 1. The summed E-state index contributed by atoms with van der Waals surface area (Å²) in [5, 5.41) is 1.44. The Bertz CT molecular complexity index is 596. The van der Waals surface area contributed by atoms with Crippen LogP contribution >= 0.6 is 23.4 Å². The number of imidazole rings is 1. The third-order valence-electron chi connectivity index (χ3n) is 3.82. The van der Waals surface area contributed by atoms with E-state index in [-0.39, 0.29) is 0 Å². The molecule has 3 nitrogen and oxygen atoms in total. The second-order valence-electron chi connectivity index (χ2n) is 4.99. The van der Waals surface area contributed by atoms with Gasteiger partial charge in [0.05, 0.1) is 10.5 Å². The molecule has 2 atom stereocenters. The van der Waals surface area contributed by atoms with Crippen LogP contribution in [-0.4, -0.2) is 20.6 Å². The molecule has 0 spiro atoms. The molecule has 1 aromatic carbocycles. The number of hydrogen-bond acceptors (Lipinski definition) is 3. The molecule has 5 heteroatoms. The zero-order chi connectivity index (χ0) is 13.4. The highest BCUT2D eigenvalue weighted by molar-refractivity contribution is 7.99. The van der Waals surface area contributed by atoms with Crippen LogP contribution in [0.25, 0.3) is 11.0 Å². The van der Waals surface area contributed by atoms with Crippen LogP contribution in [0.1, 0.15) is 32.2 Å². The van der Waals surface area contributed by atoms with Crippen molar-refractivity contribution in [1.29, 1.82) is 0 Å². The first kappa shape index (κ1) is 13.1. The molecule has 1 heterocycles. The van der Waals surface area contributed by atoms with Gasteiger partial charge in [0.15, 0.2) is 0 Å². The van der Waals surface area contributed by atoms with Crippen molar-refractivity contribution in [2.24, 2.45) is 0 Å². The van der Waals surface area contributed by atoms with E-state index in [1.54, 1.807) is 0 Å². The summed E-state index contributed by atoms with van der Waals surface area (Å²) in [6, 6.07) is 6.36. The highest BCUT2D eigenvalue weighted by Gasteiger charge is 2.28. The van der Waals surface area contributed by atoms with Gasteiger partial charge in [0.2, 0.25) is 5.95 Å². The van der Waals surface area contributed by atoms with Crippen LogP contribution < -0.4 is 5.73 Å². The molecule has 2 unspecified atom stereocenters. The van der Waals surface area contributed by atoms with E-state index in [9.17, 15) is 0 Å². The highest BCUT2D eigenvalue weighted by atomic mass is 35.5. The summed E-state index contributed by atoms with van der Waals surface area (Å²) in [4.78, 5) is 4.43. The highest BCUT2D eigenvalue weighted by Crippen LogP contribution is 2.40. The smallest absolute Gasteiger partial charge is 0.201 e. The number of thioether (sulfide) groups is 1. The number of benzene rings is 1. The maximum absolute atomic E-state index is 6.19. The Morgan fingerprint density at radius 2 is 2.32 bits per heavy atom. The Morgan fingerprint density at radius 1 is 1.47 bits per heavy atom. The predicted molar refractivity (Wildman–Crippen MR) is 84.0 cm³/mol. The molecular weight excluding hydrogens is 278 g/mol. The third-order valence-corrected chi connectivity index (χ3v) is 5.36. The van der Waals surface area contributed by atoms with Gasteiger partial charge in [-0.3, -0.25) is 0 Å². The molecule has 0 amide bonds. The van der Waals surface area contributed by atoms with E-state index < -0.39 is 0 Å². The summed E-state index contributed by atoms with van der Waals surface area (Å²) >= 11 is 8.25. The number of para-hydroxylation sites is 1. The fourth-order valence-corrected chi connectivity index (χ4v) is 4.37. The van der Waals surface area contributed by atoms with Gasteiger partial charge in [-0.2, -0.15) is 11.8 Å². The molecule has 1 aliphatic carbocycles. The molecule has 0 bridgehead atoms. The zero-order valence-corrected chi connectivity index (χ0v) is 12.5. The maximum Gasteiger partial charge on any atom is 0.201 e. The first-order valence-electron chi connectivity index (χ1n) is 6.74. The molecule has 2 N–H and O–H groups in total. The number of rotatable bonds is 3. The summed E-state index contributed by atoms with van der Waals surface area (Å²) in [6.07, 6.45) is 3.63. The summed E-state index contributed by atoms with van der Waals surface area (Å²) in [5.41, 5.74) is 8.00. The number of nitrogens with two attached hydrogens (primary N) is 1. The second kappa shape index (κ2) is 5.25. The molecular formula is C14H18ClN3S. The van der Waals surface area contributed by atoms with E-state index in [1.807, 2.05) is 12.1 Å². The monoisotopic (exact) mass is 295 g/mol. The second-order valence-corrected chi connectivity index (χ2v) is 6.98. The van der Waals surface area contributed by atoms with Crippen molar-refractivity contribution in [3.05, 3.63) is 23.2 Å². The molecule has 1 aromatic heterocycles. The molecule has 1 saturated carbocycles. The molecule has 102 valence electrons. The maximum atomic E-state index is 6.19. The van der Waals surface area contributed by atoms with Crippen molar-refractivity contribution >= 4 is 40.3 Å². The first-order chi connectivity index (χ1) is 9.20. The van der Waals surface area contributed by atoms with E-state index >= 15 is 0 Å². The molecule has 0 saturated heterocycles. The van der Waals surface area contributed by atoms with E-state index in [0.717, 1.165) is 16.3 Å². The lowest BCUT2D eigenvalue weighted by Crippen LogP contribution is -2.09. The largest absolute Gasteiger partial charge is 0.369 e. The summed E-state index contributed by atoms with van der Waals surface area (Å²) in [5.74, 6) is 1.78. The van der Waals surface area contributed by atoms with Gasteiger partial charge in [-0.15, -0.1) is 0 Å². The summed E-state index contributed by atoms with van der Waals surface area (Å²) in [7, 11) is 0. The molecule has 3 rings (SSSR count).